The third kappa shape index (κ3) is 3.90. The molecule has 2 atom stereocenters. The minimum atomic E-state index is -0.568. The van der Waals surface area contributed by atoms with Gasteiger partial charge in [-0.3, -0.25) is 9.59 Å². The number of amides is 1. The number of rotatable bonds is 5. The van der Waals surface area contributed by atoms with Gasteiger partial charge in [-0.1, -0.05) is 24.3 Å². The number of carbonyl (C=O) groups is 2. The van der Waals surface area contributed by atoms with Crippen LogP contribution in [-0.4, -0.2) is 23.8 Å². The number of anilines is 1. The molecule has 0 radical (unpaired) electrons. The molecule has 3 heterocycles. The van der Waals surface area contributed by atoms with E-state index in [-0.39, 0.29) is 17.6 Å². The summed E-state index contributed by atoms with van der Waals surface area (Å²) in [6, 6.07) is 16.6. The second-order valence-electron chi connectivity index (χ2n) is 8.44. The number of furan rings is 1. The summed E-state index contributed by atoms with van der Waals surface area (Å²) in [4.78, 5) is 31.4. The molecule has 5 rings (SSSR count). The molecule has 0 saturated heterocycles. The third-order valence-corrected chi connectivity index (χ3v) is 6.37. The molecule has 2 unspecified atom stereocenters. The molecule has 7 nitrogen and oxygen atoms in total. The van der Waals surface area contributed by atoms with Crippen LogP contribution < -0.4 is 15.4 Å². The minimum absolute atomic E-state index is 0.0123. The summed E-state index contributed by atoms with van der Waals surface area (Å²) in [5, 5.41) is 6.25. The molecule has 0 fully saturated rings. The van der Waals surface area contributed by atoms with Gasteiger partial charge in [0.25, 0.3) is 5.91 Å². The van der Waals surface area contributed by atoms with E-state index >= 15 is 0 Å². The van der Waals surface area contributed by atoms with Crippen LogP contribution in [0.4, 0.5) is 5.82 Å². The Morgan fingerprint density at radius 1 is 1.12 bits per heavy atom. The van der Waals surface area contributed by atoms with E-state index < -0.39 is 5.92 Å². The number of nitrogens with zero attached hydrogens (tertiary/aromatic N) is 1. The maximum atomic E-state index is 13.6. The number of hydrogen-bond acceptors (Lipinski definition) is 6. The monoisotopic (exact) mass is 455 g/mol. The number of dihydropyridines is 1. The number of aromatic nitrogens is 1. The van der Waals surface area contributed by atoms with Crippen molar-refractivity contribution >= 4 is 17.5 Å². The van der Waals surface area contributed by atoms with Crippen molar-refractivity contribution < 1.29 is 18.7 Å². The van der Waals surface area contributed by atoms with E-state index in [1.807, 2.05) is 43.3 Å². The third-order valence-electron chi connectivity index (χ3n) is 6.37. The number of carbonyl (C=O) groups excluding carboxylic acids is 2. The molecule has 3 aromatic rings. The molecule has 1 aliphatic carbocycles. The van der Waals surface area contributed by atoms with Crippen molar-refractivity contribution in [1.29, 1.82) is 0 Å². The molecule has 0 saturated carbocycles. The molecule has 34 heavy (non-hydrogen) atoms. The highest BCUT2D eigenvalue weighted by Crippen LogP contribution is 2.47. The van der Waals surface area contributed by atoms with E-state index in [0.29, 0.717) is 41.3 Å². The van der Waals surface area contributed by atoms with Gasteiger partial charge < -0.3 is 19.8 Å². The second kappa shape index (κ2) is 9.02. The van der Waals surface area contributed by atoms with Crippen LogP contribution in [0.15, 0.2) is 94.0 Å². The zero-order chi connectivity index (χ0) is 23.7. The van der Waals surface area contributed by atoms with Crippen molar-refractivity contribution in [3.05, 3.63) is 101 Å². The van der Waals surface area contributed by atoms with Gasteiger partial charge in [-0.25, -0.2) is 4.98 Å². The van der Waals surface area contributed by atoms with Crippen LogP contribution in [0.1, 0.15) is 42.9 Å². The fraction of sp³-hybridized carbons (Fsp3) is 0.222. The normalized spacial score (nSPS) is 20.0. The Bertz CT molecular complexity index is 1290. The summed E-state index contributed by atoms with van der Waals surface area (Å²) in [5.41, 5.74) is 3.36. The molecule has 7 heteroatoms. The highest BCUT2D eigenvalue weighted by Gasteiger charge is 2.42. The molecule has 0 spiro atoms. The lowest BCUT2D eigenvalue weighted by molar-refractivity contribution is -0.116. The number of para-hydroxylation sites is 1. The second-order valence-corrected chi connectivity index (χ2v) is 8.44. The number of nitrogens with one attached hydrogen (secondary N) is 2. The molecule has 0 bridgehead atoms. The average molecular weight is 456 g/mol. The van der Waals surface area contributed by atoms with Crippen LogP contribution in [0.2, 0.25) is 0 Å². The Labute approximate surface area is 197 Å². The van der Waals surface area contributed by atoms with Gasteiger partial charge in [0.15, 0.2) is 5.78 Å². The Balaban J connectivity index is 1.60. The maximum Gasteiger partial charge on any atom is 0.255 e. The van der Waals surface area contributed by atoms with Crippen LogP contribution in [-0.2, 0) is 9.59 Å². The molecule has 2 aromatic heterocycles. The van der Waals surface area contributed by atoms with Gasteiger partial charge in [0.2, 0.25) is 0 Å². The fourth-order valence-corrected chi connectivity index (χ4v) is 4.90. The predicted octanol–water partition coefficient (Wildman–Crippen LogP) is 4.68. The molecule has 1 aliphatic heterocycles. The number of benzene rings is 1. The maximum absolute atomic E-state index is 13.6. The number of hydrogen-bond donors (Lipinski definition) is 2. The number of ether oxygens (including phenoxy) is 1. The van der Waals surface area contributed by atoms with Crippen LogP contribution in [0.5, 0.6) is 5.75 Å². The highest BCUT2D eigenvalue weighted by atomic mass is 16.5. The number of methoxy groups -OCH3 is 1. The highest BCUT2D eigenvalue weighted by molar-refractivity contribution is 6.09. The average Bonchev–Trinajstić information content (AvgIpc) is 3.39. The first-order chi connectivity index (χ1) is 16.6. The zero-order valence-electron chi connectivity index (χ0n) is 19.0. The van der Waals surface area contributed by atoms with Crippen molar-refractivity contribution in [2.45, 2.75) is 31.6 Å². The Hall–Kier alpha value is -4.13. The van der Waals surface area contributed by atoms with Crippen molar-refractivity contribution in [3.8, 4) is 5.75 Å². The van der Waals surface area contributed by atoms with E-state index in [9.17, 15) is 9.59 Å². The van der Waals surface area contributed by atoms with Gasteiger partial charge in [0.1, 0.15) is 17.3 Å². The van der Waals surface area contributed by atoms with Crippen LogP contribution in [0, 0.1) is 0 Å². The van der Waals surface area contributed by atoms with E-state index in [1.54, 1.807) is 37.8 Å². The van der Waals surface area contributed by atoms with Crippen LogP contribution in [0.3, 0.4) is 0 Å². The minimum Gasteiger partial charge on any atom is -0.496 e. The van der Waals surface area contributed by atoms with Crippen LogP contribution in [0.25, 0.3) is 0 Å². The fourth-order valence-electron chi connectivity index (χ4n) is 4.90. The topological polar surface area (TPSA) is 93.5 Å². The van der Waals surface area contributed by atoms with Crippen molar-refractivity contribution in [3.63, 3.8) is 0 Å². The number of pyridine rings is 1. The largest absolute Gasteiger partial charge is 0.496 e. The lowest BCUT2D eigenvalue weighted by Crippen LogP contribution is -2.37. The van der Waals surface area contributed by atoms with E-state index in [1.165, 1.54) is 0 Å². The summed E-state index contributed by atoms with van der Waals surface area (Å²) >= 11 is 0. The first kappa shape index (κ1) is 21.7. The van der Waals surface area contributed by atoms with Crippen LogP contribution >= 0.6 is 0 Å². The lowest BCUT2D eigenvalue weighted by atomic mass is 9.72. The molecule has 172 valence electrons. The Morgan fingerprint density at radius 3 is 2.68 bits per heavy atom. The first-order valence-electron chi connectivity index (χ1n) is 11.2. The Kier molecular flexibility index (Phi) is 5.76. The van der Waals surface area contributed by atoms with Gasteiger partial charge in [0, 0.05) is 46.6 Å². The Morgan fingerprint density at radius 2 is 1.94 bits per heavy atom. The number of Topliss-reactive ketones (excluding diaryl/α,β-unsaturated/α-hetero) is 1. The standard InChI is InChI=1S/C27H25N3O4/c1-16-24(27(32)30-23-11-5-6-12-28-23)25(18-8-3-4-9-22(18)33-2)26-19(29-16)14-17(15-20(26)31)21-10-7-13-34-21/h3-13,17,25,29H,14-15H2,1-2H3,(H,28,30,32). The van der Waals surface area contributed by atoms with Crippen molar-refractivity contribution in [2.24, 2.45) is 0 Å². The van der Waals surface area contributed by atoms with E-state index in [0.717, 1.165) is 17.0 Å². The predicted molar refractivity (Wildman–Crippen MR) is 127 cm³/mol. The van der Waals surface area contributed by atoms with E-state index in [4.69, 9.17) is 9.15 Å². The van der Waals surface area contributed by atoms with Crippen molar-refractivity contribution in [1.82, 2.24) is 10.3 Å². The number of allylic oxidation sites excluding steroid dienone is 3. The first-order valence-corrected chi connectivity index (χ1v) is 11.2. The summed E-state index contributed by atoms with van der Waals surface area (Å²) in [7, 11) is 1.59. The molecular weight excluding hydrogens is 430 g/mol. The lowest BCUT2D eigenvalue weighted by Gasteiger charge is -2.36. The van der Waals surface area contributed by atoms with Gasteiger partial charge in [0.05, 0.1) is 19.3 Å². The molecular formula is C27H25N3O4. The van der Waals surface area contributed by atoms with E-state index in [2.05, 4.69) is 15.6 Å². The summed E-state index contributed by atoms with van der Waals surface area (Å²) < 4.78 is 11.2. The molecule has 2 aliphatic rings. The zero-order valence-corrected chi connectivity index (χ0v) is 19.0. The van der Waals surface area contributed by atoms with Crippen molar-refractivity contribution in [2.75, 3.05) is 12.4 Å². The van der Waals surface area contributed by atoms with Gasteiger partial charge >= 0.3 is 0 Å². The number of ketones is 1. The summed E-state index contributed by atoms with van der Waals surface area (Å²) in [6.45, 7) is 1.86. The molecule has 1 amide bonds. The smallest absolute Gasteiger partial charge is 0.255 e. The molecule has 1 aromatic carbocycles. The van der Waals surface area contributed by atoms with Gasteiger partial charge in [-0.05, 0) is 43.7 Å². The molecule has 2 N–H and O–H groups in total. The quantitative estimate of drug-likeness (QED) is 0.580. The van der Waals surface area contributed by atoms with Gasteiger partial charge in [-0.15, -0.1) is 0 Å². The SMILES string of the molecule is COc1ccccc1C1C(C(=O)Nc2ccccn2)=C(C)NC2=C1C(=O)CC(c1ccco1)C2. The van der Waals surface area contributed by atoms with Gasteiger partial charge in [-0.2, -0.15) is 0 Å². The summed E-state index contributed by atoms with van der Waals surface area (Å²) in [6.07, 6.45) is 4.18. The summed E-state index contributed by atoms with van der Waals surface area (Å²) in [5.74, 6) is 0.909.